The number of halogens is 3. The van der Waals surface area contributed by atoms with Crippen LogP contribution >= 0.6 is 0 Å². The molecule has 5 rings (SSSR count). The predicted molar refractivity (Wildman–Crippen MR) is 148 cm³/mol. The van der Waals surface area contributed by atoms with Gasteiger partial charge in [-0.15, -0.1) is 0 Å². The Bertz CT molecular complexity index is 1640. The molecule has 1 fully saturated rings. The fourth-order valence-corrected chi connectivity index (χ4v) is 5.52. The minimum Gasteiger partial charge on any atom is -0.497 e. The average Bonchev–Trinajstić information content (AvgIpc) is 3.40. The lowest BCUT2D eigenvalue weighted by molar-refractivity contribution is -0.143. The van der Waals surface area contributed by atoms with Crippen molar-refractivity contribution in [3.8, 4) is 23.1 Å². The monoisotopic (exact) mass is 578 g/mol. The highest BCUT2D eigenvalue weighted by molar-refractivity contribution is 6.00. The molecule has 2 aromatic heterocycles. The number of aliphatic hydroxyl groups is 1. The van der Waals surface area contributed by atoms with Gasteiger partial charge in [-0.25, -0.2) is 9.50 Å². The molecule has 0 aliphatic carbocycles. The number of benzene rings is 2. The van der Waals surface area contributed by atoms with E-state index in [4.69, 9.17) is 10.00 Å². The highest BCUT2D eigenvalue weighted by Gasteiger charge is 2.39. The molecular formula is C30H29F3N6O3. The number of hydrogen-bond donors (Lipinski definition) is 1. The molecule has 0 bridgehead atoms. The first-order chi connectivity index (χ1) is 20.1. The molecule has 1 N–H and O–H groups in total. The van der Waals surface area contributed by atoms with Crippen LogP contribution in [0.25, 0.3) is 16.9 Å². The second-order valence-corrected chi connectivity index (χ2v) is 10.2. The maximum absolute atomic E-state index is 14.3. The molecule has 1 saturated heterocycles. The zero-order chi connectivity index (χ0) is 30.2. The van der Waals surface area contributed by atoms with Gasteiger partial charge >= 0.3 is 6.18 Å². The zero-order valence-electron chi connectivity index (χ0n) is 23.3. The predicted octanol–water partition coefficient (Wildman–Crippen LogP) is 4.48. The number of amides is 1. The summed E-state index contributed by atoms with van der Waals surface area (Å²) in [7, 11) is 1.49. The van der Waals surface area contributed by atoms with Crippen molar-refractivity contribution in [3.05, 3.63) is 82.7 Å². The van der Waals surface area contributed by atoms with Crippen molar-refractivity contribution < 1.29 is 27.8 Å². The summed E-state index contributed by atoms with van der Waals surface area (Å²) in [5, 5.41) is 23.2. The molecule has 1 aliphatic heterocycles. The van der Waals surface area contributed by atoms with Crippen LogP contribution in [0.3, 0.4) is 0 Å². The maximum Gasteiger partial charge on any atom is 0.433 e. The van der Waals surface area contributed by atoms with E-state index in [0.717, 1.165) is 11.8 Å². The Morgan fingerprint density at radius 2 is 1.86 bits per heavy atom. The van der Waals surface area contributed by atoms with Gasteiger partial charge in [0.25, 0.3) is 5.91 Å². The summed E-state index contributed by atoms with van der Waals surface area (Å²) in [4.78, 5) is 22.0. The van der Waals surface area contributed by atoms with Gasteiger partial charge in [0.1, 0.15) is 11.3 Å². The second kappa shape index (κ2) is 11.4. The number of carbonyl (C=O) groups excluding carboxylic acids is 1. The van der Waals surface area contributed by atoms with Gasteiger partial charge in [0, 0.05) is 36.8 Å². The highest BCUT2D eigenvalue weighted by atomic mass is 19.4. The molecule has 1 amide bonds. The molecule has 0 spiro atoms. The highest BCUT2D eigenvalue weighted by Crippen LogP contribution is 2.37. The van der Waals surface area contributed by atoms with Gasteiger partial charge in [-0.1, -0.05) is 12.1 Å². The third-order valence-corrected chi connectivity index (χ3v) is 7.70. The first-order valence-corrected chi connectivity index (χ1v) is 13.3. The Balaban J connectivity index is 1.47. The molecule has 1 unspecified atom stereocenters. The van der Waals surface area contributed by atoms with E-state index in [1.165, 1.54) is 14.0 Å². The van der Waals surface area contributed by atoms with Crippen molar-refractivity contribution in [2.75, 3.05) is 33.4 Å². The van der Waals surface area contributed by atoms with Crippen molar-refractivity contribution in [2.45, 2.75) is 32.1 Å². The lowest BCUT2D eigenvalue weighted by atomic mass is 10.0. The van der Waals surface area contributed by atoms with Crippen LogP contribution in [0.1, 0.15) is 45.7 Å². The van der Waals surface area contributed by atoms with E-state index in [-0.39, 0.29) is 47.7 Å². The average molecular weight is 579 g/mol. The summed E-state index contributed by atoms with van der Waals surface area (Å²) in [6, 6.07) is 14.9. The van der Waals surface area contributed by atoms with E-state index in [9.17, 15) is 23.1 Å². The van der Waals surface area contributed by atoms with E-state index in [2.05, 4.69) is 21.1 Å². The summed E-state index contributed by atoms with van der Waals surface area (Å²) >= 11 is 0. The van der Waals surface area contributed by atoms with Crippen LogP contribution in [-0.4, -0.2) is 74.8 Å². The molecule has 42 heavy (non-hydrogen) atoms. The van der Waals surface area contributed by atoms with E-state index in [1.54, 1.807) is 53.4 Å². The Morgan fingerprint density at radius 3 is 2.43 bits per heavy atom. The van der Waals surface area contributed by atoms with Gasteiger partial charge in [-0.3, -0.25) is 9.69 Å². The molecule has 2 aromatic carbocycles. The van der Waals surface area contributed by atoms with Crippen LogP contribution in [0.5, 0.6) is 5.75 Å². The molecule has 0 radical (unpaired) electrons. The number of aliphatic hydroxyl groups excluding tert-OH is 1. The number of hydrogen-bond acceptors (Lipinski definition) is 7. The fourth-order valence-electron chi connectivity index (χ4n) is 5.52. The van der Waals surface area contributed by atoms with Gasteiger partial charge in [0.05, 0.1) is 43.3 Å². The lowest BCUT2D eigenvalue weighted by Crippen LogP contribution is -2.55. The number of methoxy groups -OCH3 is 1. The van der Waals surface area contributed by atoms with Crippen molar-refractivity contribution >= 4 is 11.6 Å². The number of nitriles is 1. The Morgan fingerprint density at radius 1 is 1.17 bits per heavy atom. The third-order valence-electron chi connectivity index (χ3n) is 7.70. The number of piperazine rings is 1. The second-order valence-electron chi connectivity index (χ2n) is 10.2. The van der Waals surface area contributed by atoms with Crippen molar-refractivity contribution in [1.29, 1.82) is 5.26 Å². The summed E-state index contributed by atoms with van der Waals surface area (Å²) in [5.74, 6) is 0.0747. The van der Waals surface area contributed by atoms with Gasteiger partial charge in [-0.05, 0) is 55.8 Å². The van der Waals surface area contributed by atoms with Crippen LogP contribution in [0.2, 0.25) is 0 Å². The summed E-state index contributed by atoms with van der Waals surface area (Å²) in [6.07, 6.45) is -3.61. The quantitative estimate of drug-likeness (QED) is 0.360. The Hall–Kier alpha value is -4.47. The van der Waals surface area contributed by atoms with Crippen molar-refractivity contribution in [1.82, 2.24) is 24.4 Å². The standard InChI is InChI=1S/C30H29F3N6O3/c1-18-16-37(25(17-40)21-6-4-20(14-34)5-7-21)12-13-38(18)29(41)24-15-35-39-27(30(31,32)33)19(2)26(36-28(24)39)22-8-10-23(42-3)11-9-22/h4-11,15,18,25,40H,12-13,16-17H2,1-3H3/t18-,25?/m1/s1. The van der Waals surface area contributed by atoms with Gasteiger partial charge in [-0.2, -0.15) is 23.5 Å². The number of fused-ring (bicyclic) bond motifs is 1. The molecule has 2 atom stereocenters. The SMILES string of the molecule is COc1ccc(-c2nc3c(C(=O)N4CCN(C(CO)c5ccc(C#N)cc5)C[C@H]4C)cnn3c(C(F)(F)F)c2C)cc1. The van der Waals surface area contributed by atoms with E-state index >= 15 is 0 Å². The smallest absolute Gasteiger partial charge is 0.433 e. The summed E-state index contributed by atoms with van der Waals surface area (Å²) < 4.78 is 48.8. The molecule has 3 heterocycles. The maximum atomic E-state index is 14.3. The largest absolute Gasteiger partial charge is 0.497 e. The number of alkyl halides is 3. The molecule has 0 saturated carbocycles. The molecule has 9 nitrogen and oxygen atoms in total. The number of aromatic nitrogens is 3. The molecule has 218 valence electrons. The minimum atomic E-state index is -4.75. The number of ether oxygens (including phenoxy) is 1. The Labute approximate surface area is 240 Å². The van der Waals surface area contributed by atoms with Crippen LogP contribution in [0, 0.1) is 18.3 Å². The van der Waals surface area contributed by atoms with Crippen molar-refractivity contribution in [3.63, 3.8) is 0 Å². The number of nitrogens with zero attached hydrogens (tertiary/aromatic N) is 6. The first kappa shape index (κ1) is 29.0. The molecular weight excluding hydrogens is 549 g/mol. The Kier molecular flexibility index (Phi) is 7.90. The van der Waals surface area contributed by atoms with Crippen LogP contribution in [0.15, 0.2) is 54.7 Å². The molecule has 1 aliphatic rings. The van der Waals surface area contributed by atoms with Crippen LogP contribution in [-0.2, 0) is 6.18 Å². The summed E-state index contributed by atoms with van der Waals surface area (Å²) in [5.41, 5.74) is 0.589. The number of carbonyl (C=O) groups is 1. The topological polar surface area (TPSA) is 107 Å². The van der Waals surface area contributed by atoms with Gasteiger partial charge < -0.3 is 14.7 Å². The van der Waals surface area contributed by atoms with Crippen molar-refractivity contribution in [2.24, 2.45) is 0 Å². The third kappa shape index (κ3) is 5.29. The number of rotatable bonds is 6. The van der Waals surface area contributed by atoms with Crippen LogP contribution in [0.4, 0.5) is 13.2 Å². The van der Waals surface area contributed by atoms with Crippen LogP contribution < -0.4 is 4.74 Å². The lowest BCUT2D eigenvalue weighted by Gasteiger charge is -2.43. The molecule has 4 aromatic rings. The first-order valence-electron chi connectivity index (χ1n) is 13.3. The minimum absolute atomic E-state index is 0.0265. The van der Waals surface area contributed by atoms with E-state index < -0.39 is 17.8 Å². The summed E-state index contributed by atoms with van der Waals surface area (Å²) in [6.45, 7) is 4.17. The zero-order valence-corrected chi connectivity index (χ0v) is 23.3. The molecule has 12 heteroatoms. The normalized spacial score (nSPS) is 16.8. The van der Waals surface area contributed by atoms with Gasteiger partial charge in [0.15, 0.2) is 11.3 Å². The van der Waals surface area contributed by atoms with E-state index in [0.29, 0.717) is 34.5 Å². The van der Waals surface area contributed by atoms with E-state index in [1.807, 2.05) is 6.92 Å². The fraction of sp³-hybridized carbons (Fsp3) is 0.333. The van der Waals surface area contributed by atoms with Gasteiger partial charge in [0.2, 0.25) is 0 Å².